The van der Waals surface area contributed by atoms with Crippen molar-refractivity contribution >= 4 is 38.6 Å². The van der Waals surface area contributed by atoms with Gasteiger partial charge in [-0.05, 0) is 68.8 Å². The van der Waals surface area contributed by atoms with Gasteiger partial charge in [0.1, 0.15) is 0 Å². The molecule has 0 amide bonds. The van der Waals surface area contributed by atoms with Crippen molar-refractivity contribution in [1.82, 2.24) is 15.2 Å². The Labute approximate surface area is 198 Å². The molecule has 7 nitrogen and oxygen atoms in total. The minimum Gasteiger partial charge on any atom is -0.461 e. The molecule has 2 aromatic rings. The van der Waals surface area contributed by atoms with Crippen LogP contribution in [0.1, 0.15) is 68.1 Å². The zero-order valence-electron chi connectivity index (χ0n) is 19.4. The zero-order chi connectivity index (χ0) is 22.7. The molecular formula is C24H35BrN4O3. The summed E-state index contributed by atoms with van der Waals surface area (Å²) in [6.45, 7) is 7.09. The van der Waals surface area contributed by atoms with Gasteiger partial charge in [-0.25, -0.2) is 9.78 Å². The van der Waals surface area contributed by atoms with Gasteiger partial charge in [0.15, 0.2) is 11.3 Å². The van der Waals surface area contributed by atoms with E-state index in [0.717, 1.165) is 72.9 Å². The number of pyridine rings is 1. The number of rotatable bonds is 9. The number of nitrogens with one attached hydrogen (secondary N) is 1. The number of nitrogens with zero attached hydrogens (tertiary/aromatic N) is 3. The van der Waals surface area contributed by atoms with Crippen LogP contribution in [0.5, 0.6) is 0 Å². The summed E-state index contributed by atoms with van der Waals surface area (Å²) in [7, 11) is 1.77. The Morgan fingerprint density at radius 2 is 2.03 bits per heavy atom. The summed E-state index contributed by atoms with van der Waals surface area (Å²) in [6, 6.07) is 1.91. The van der Waals surface area contributed by atoms with Gasteiger partial charge < -0.3 is 14.4 Å². The normalized spacial score (nSPS) is 22.7. The Hall–Kier alpha value is -1.67. The third-order valence-corrected chi connectivity index (χ3v) is 8.02. The predicted molar refractivity (Wildman–Crippen MR) is 130 cm³/mol. The van der Waals surface area contributed by atoms with Crippen LogP contribution >= 0.6 is 15.9 Å². The minimum atomic E-state index is -0.391. The maximum absolute atomic E-state index is 12.5. The fourth-order valence-electron chi connectivity index (χ4n) is 5.33. The van der Waals surface area contributed by atoms with E-state index in [1.54, 1.807) is 7.11 Å². The number of hydrogen-bond donors (Lipinski definition) is 1. The number of ether oxygens (including phenoxy) is 2. The fraction of sp³-hybridized carbons (Fsp3) is 0.708. The van der Waals surface area contributed by atoms with Crippen LogP contribution in [0.15, 0.2) is 6.07 Å². The monoisotopic (exact) mass is 506 g/mol. The molecule has 0 bridgehead atoms. The number of anilines is 1. The quantitative estimate of drug-likeness (QED) is 0.384. The van der Waals surface area contributed by atoms with Crippen LogP contribution < -0.4 is 4.90 Å². The van der Waals surface area contributed by atoms with Crippen molar-refractivity contribution in [2.75, 3.05) is 43.6 Å². The molecule has 1 atom stereocenters. The number of carbonyl (C=O) groups is 1. The lowest BCUT2D eigenvalue weighted by molar-refractivity contribution is 0.0520. The topological polar surface area (TPSA) is 80.3 Å². The van der Waals surface area contributed by atoms with E-state index in [2.05, 4.69) is 42.9 Å². The Bertz CT molecular complexity index is 919. The van der Waals surface area contributed by atoms with E-state index in [1.165, 1.54) is 12.8 Å². The summed E-state index contributed by atoms with van der Waals surface area (Å²) >= 11 is 3.61. The van der Waals surface area contributed by atoms with Crippen LogP contribution in [-0.2, 0) is 9.47 Å². The van der Waals surface area contributed by atoms with Crippen molar-refractivity contribution in [3.8, 4) is 0 Å². The summed E-state index contributed by atoms with van der Waals surface area (Å²) in [6.07, 6.45) is 5.89. The SMILES string of the molecule is CCOC(=O)c1cc(N2CCC(COC)CC2)c2c(C(C)CC3CC(CBr)C3)[nH]nc2n1. The van der Waals surface area contributed by atoms with Crippen LogP contribution in [0, 0.1) is 17.8 Å². The van der Waals surface area contributed by atoms with E-state index in [0.29, 0.717) is 29.8 Å². The number of carbonyl (C=O) groups excluding carboxylic acids is 1. The first-order chi connectivity index (χ1) is 15.5. The highest BCUT2D eigenvalue weighted by molar-refractivity contribution is 9.09. The molecule has 1 aliphatic carbocycles. The van der Waals surface area contributed by atoms with Crippen LogP contribution in [-0.4, -0.2) is 59.9 Å². The molecule has 1 saturated heterocycles. The van der Waals surface area contributed by atoms with Crippen molar-refractivity contribution in [2.24, 2.45) is 17.8 Å². The number of esters is 1. The third-order valence-electron chi connectivity index (χ3n) is 7.10. The second-order valence-electron chi connectivity index (χ2n) is 9.46. The van der Waals surface area contributed by atoms with Gasteiger partial charge in [0.05, 0.1) is 17.7 Å². The molecule has 2 aliphatic rings. The molecule has 1 aliphatic heterocycles. The van der Waals surface area contributed by atoms with Crippen LogP contribution in [0.3, 0.4) is 0 Å². The van der Waals surface area contributed by atoms with Gasteiger partial charge in [-0.2, -0.15) is 5.10 Å². The number of H-pyrrole nitrogens is 1. The minimum absolute atomic E-state index is 0.329. The molecule has 32 heavy (non-hydrogen) atoms. The third kappa shape index (κ3) is 4.96. The largest absolute Gasteiger partial charge is 0.461 e. The molecule has 1 N–H and O–H groups in total. The smallest absolute Gasteiger partial charge is 0.357 e. The van der Waals surface area contributed by atoms with Gasteiger partial charge in [-0.15, -0.1) is 0 Å². The number of aromatic nitrogens is 3. The van der Waals surface area contributed by atoms with Gasteiger partial charge in [-0.3, -0.25) is 5.10 Å². The highest BCUT2D eigenvalue weighted by Gasteiger charge is 2.31. The molecule has 8 heteroatoms. The number of fused-ring (bicyclic) bond motifs is 1. The van der Waals surface area contributed by atoms with E-state index in [-0.39, 0.29) is 0 Å². The predicted octanol–water partition coefficient (Wildman–Crippen LogP) is 4.91. The summed E-state index contributed by atoms with van der Waals surface area (Å²) in [4.78, 5) is 19.4. The number of piperidine rings is 1. The van der Waals surface area contributed by atoms with E-state index in [4.69, 9.17) is 9.47 Å². The number of alkyl halides is 1. The molecule has 0 aromatic carbocycles. The molecule has 2 fully saturated rings. The first kappa shape index (κ1) is 23.5. The van der Waals surface area contributed by atoms with E-state index >= 15 is 0 Å². The van der Waals surface area contributed by atoms with Gasteiger partial charge in [0.25, 0.3) is 0 Å². The van der Waals surface area contributed by atoms with Crippen molar-refractivity contribution in [1.29, 1.82) is 0 Å². The summed E-state index contributed by atoms with van der Waals surface area (Å²) in [5.74, 6) is 2.15. The summed E-state index contributed by atoms with van der Waals surface area (Å²) < 4.78 is 10.6. The number of aromatic amines is 1. The van der Waals surface area contributed by atoms with E-state index in [9.17, 15) is 4.79 Å². The summed E-state index contributed by atoms with van der Waals surface area (Å²) in [5, 5.41) is 9.97. The number of hydrogen-bond acceptors (Lipinski definition) is 6. The molecule has 176 valence electrons. The fourth-order valence-corrected chi connectivity index (χ4v) is 5.86. The molecular weight excluding hydrogens is 472 g/mol. The lowest BCUT2D eigenvalue weighted by atomic mass is 9.72. The maximum Gasteiger partial charge on any atom is 0.357 e. The first-order valence-electron chi connectivity index (χ1n) is 11.9. The Morgan fingerprint density at radius 1 is 1.28 bits per heavy atom. The molecule has 4 rings (SSSR count). The van der Waals surface area contributed by atoms with Gasteiger partial charge in [-0.1, -0.05) is 22.9 Å². The van der Waals surface area contributed by atoms with E-state index in [1.807, 2.05) is 13.0 Å². The van der Waals surface area contributed by atoms with Crippen molar-refractivity contribution in [3.05, 3.63) is 17.5 Å². The maximum atomic E-state index is 12.5. The van der Waals surface area contributed by atoms with Crippen molar-refractivity contribution in [3.63, 3.8) is 0 Å². The number of methoxy groups -OCH3 is 1. The van der Waals surface area contributed by atoms with Crippen molar-refractivity contribution in [2.45, 2.75) is 51.9 Å². The zero-order valence-corrected chi connectivity index (χ0v) is 21.0. The molecule has 1 saturated carbocycles. The lowest BCUT2D eigenvalue weighted by Gasteiger charge is -2.36. The molecule has 0 spiro atoms. The van der Waals surface area contributed by atoms with Gasteiger partial charge in [0, 0.05) is 37.8 Å². The number of halogens is 1. The van der Waals surface area contributed by atoms with Gasteiger partial charge >= 0.3 is 5.97 Å². The highest BCUT2D eigenvalue weighted by Crippen LogP contribution is 2.42. The molecule has 2 aromatic heterocycles. The average Bonchev–Trinajstić information content (AvgIpc) is 3.20. The Balaban J connectivity index is 1.63. The molecule has 1 unspecified atom stereocenters. The first-order valence-corrected chi connectivity index (χ1v) is 13.0. The second-order valence-corrected chi connectivity index (χ2v) is 10.1. The van der Waals surface area contributed by atoms with Crippen molar-refractivity contribution < 1.29 is 14.3 Å². The summed E-state index contributed by atoms with van der Waals surface area (Å²) in [5.41, 5.74) is 3.13. The van der Waals surface area contributed by atoms with Crippen LogP contribution in [0.4, 0.5) is 5.69 Å². The standard InChI is InChI=1S/C24H35BrN4O3/c1-4-32-24(30)19-12-20(29-7-5-16(6-8-29)14-31-3)21-22(27-28-23(21)26-19)15(2)9-17-10-18(11-17)13-25/h12,15-18H,4-11,13-14H2,1-3H3,(H,26,27,28). The average molecular weight is 507 g/mol. The lowest BCUT2D eigenvalue weighted by Crippen LogP contribution is -2.35. The van der Waals surface area contributed by atoms with Crippen LogP contribution in [0.2, 0.25) is 0 Å². The second kappa shape index (κ2) is 10.5. The Morgan fingerprint density at radius 3 is 2.69 bits per heavy atom. The van der Waals surface area contributed by atoms with Crippen LogP contribution in [0.25, 0.3) is 11.0 Å². The highest BCUT2D eigenvalue weighted by atomic mass is 79.9. The van der Waals surface area contributed by atoms with E-state index < -0.39 is 5.97 Å². The molecule has 0 radical (unpaired) electrons. The van der Waals surface area contributed by atoms with Gasteiger partial charge in [0.2, 0.25) is 0 Å². The Kier molecular flexibility index (Phi) is 7.71. The molecule has 3 heterocycles.